The average Bonchev–Trinajstić information content (AvgIpc) is 2.86. The van der Waals surface area contributed by atoms with Crippen LogP contribution in [0.1, 0.15) is 41.3 Å². The largest absolute Gasteiger partial charge is 0.388 e. The molecule has 112 valence electrons. The highest BCUT2D eigenvalue weighted by atomic mass is 19.1. The van der Waals surface area contributed by atoms with Crippen LogP contribution >= 0.6 is 0 Å². The molecule has 0 fully saturated rings. The summed E-state index contributed by atoms with van der Waals surface area (Å²) in [6.07, 6.45) is -0.470. The molecule has 2 aromatic rings. The number of carbonyl (C=O) groups is 1. The highest BCUT2D eigenvalue weighted by Crippen LogP contribution is 2.18. The fraction of sp³-hybridized carbons (Fsp3) is 0.333. The quantitative estimate of drug-likeness (QED) is 0.887. The van der Waals surface area contributed by atoms with E-state index in [2.05, 4.69) is 10.5 Å². The lowest BCUT2D eigenvalue weighted by molar-refractivity contribution is 0.0880. The third-order valence-electron chi connectivity index (χ3n) is 3.06. The molecule has 6 heteroatoms. The van der Waals surface area contributed by atoms with Gasteiger partial charge in [0.05, 0.1) is 11.8 Å². The number of nitrogens with one attached hydrogen (secondary N) is 1. The fourth-order valence-corrected chi connectivity index (χ4v) is 1.98. The standard InChI is InChI=1S/C15H17FN2O3/c1-9(17-15(20)14-8-10(2)18-21-14)7-13(19)11-3-5-12(16)6-4-11/h3-6,8-9,13,19H,7H2,1-2H3,(H,17,20). The molecular formula is C15H17FN2O3. The maximum Gasteiger partial charge on any atom is 0.290 e. The Morgan fingerprint density at radius 2 is 2.10 bits per heavy atom. The first-order valence-corrected chi connectivity index (χ1v) is 6.63. The molecule has 2 atom stereocenters. The van der Waals surface area contributed by atoms with Gasteiger partial charge < -0.3 is 14.9 Å². The normalized spacial score (nSPS) is 13.7. The van der Waals surface area contributed by atoms with Gasteiger partial charge in [-0.2, -0.15) is 0 Å². The molecule has 1 aromatic heterocycles. The Morgan fingerprint density at radius 1 is 1.43 bits per heavy atom. The molecule has 2 N–H and O–H groups in total. The maximum atomic E-state index is 12.8. The van der Waals surface area contributed by atoms with Crippen molar-refractivity contribution in [1.29, 1.82) is 0 Å². The molecule has 0 spiro atoms. The number of nitrogens with zero attached hydrogens (tertiary/aromatic N) is 1. The van der Waals surface area contributed by atoms with Crippen LogP contribution in [-0.4, -0.2) is 22.2 Å². The van der Waals surface area contributed by atoms with E-state index in [4.69, 9.17) is 4.52 Å². The van der Waals surface area contributed by atoms with E-state index in [9.17, 15) is 14.3 Å². The zero-order valence-electron chi connectivity index (χ0n) is 11.8. The Bertz CT molecular complexity index is 610. The third kappa shape index (κ3) is 4.13. The number of aromatic nitrogens is 1. The summed E-state index contributed by atoms with van der Waals surface area (Å²) in [5.74, 6) is -0.599. The Kier molecular flexibility index (Phi) is 4.70. The maximum absolute atomic E-state index is 12.8. The van der Waals surface area contributed by atoms with Gasteiger partial charge in [-0.05, 0) is 38.0 Å². The number of hydrogen-bond donors (Lipinski definition) is 2. The van der Waals surface area contributed by atoms with Gasteiger partial charge in [-0.25, -0.2) is 4.39 Å². The summed E-state index contributed by atoms with van der Waals surface area (Å²) in [5.41, 5.74) is 1.23. The van der Waals surface area contributed by atoms with Crippen LogP contribution in [0.4, 0.5) is 4.39 Å². The van der Waals surface area contributed by atoms with E-state index >= 15 is 0 Å². The van der Waals surface area contributed by atoms with Gasteiger partial charge in [0.15, 0.2) is 0 Å². The topological polar surface area (TPSA) is 75.4 Å². The highest BCUT2D eigenvalue weighted by Gasteiger charge is 2.17. The van der Waals surface area contributed by atoms with Crippen LogP contribution in [0.25, 0.3) is 0 Å². The first-order chi connectivity index (χ1) is 9.95. The first-order valence-electron chi connectivity index (χ1n) is 6.63. The van der Waals surface area contributed by atoms with Gasteiger partial charge in [-0.1, -0.05) is 17.3 Å². The summed E-state index contributed by atoms with van der Waals surface area (Å²) in [6, 6.07) is 6.89. The third-order valence-corrected chi connectivity index (χ3v) is 3.06. The highest BCUT2D eigenvalue weighted by molar-refractivity contribution is 5.91. The number of rotatable bonds is 5. The smallest absolute Gasteiger partial charge is 0.290 e. The predicted octanol–water partition coefficient (Wildman–Crippen LogP) is 2.36. The molecule has 0 saturated carbocycles. The number of benzene rings is 1. The van der Waals surface area contributed by atoms with Gasteiger partial charge in [0.1, 0.15) is 5.82 Å². The second-order valence-corrected chi connectivity index (χ2v) is 5.01. The summed E-state index contributed by atoms with van der Waals surface area (Å²) in [4.78, 5) is 11.9. The zero-order chi connectivity index (χ0) is 15.4. The van der Waals surface area contributed by atoms with Crippen molar-refractivity contribution in [3.63, 3.8) is 0 Å². The number of carbonyl (C=O) groups excluding carboxylic acids is 1. The van der Waals surface area contributed by atoms with Crippen molar-refractivity contribution in [3.8, 4) is 0 Å². The van der Waals surface area contributed by atoms with Crippen molar-refractivity contribution in [2.75, 3.05) is 0 Å². The number of hydrogen-bond acceptors (Lipinski definition) is 4. The zero-order valence-corrected chi connectivity index (χ0v) is 11.8. The van der Waals surface area contributed by atoms with Gasteiger partial charge in [-0.15, -0.1) is 0 Å². The molecule has 2 unspecified atom stereocenters. The van der Waals surface area contributed by atoms with Crippen molar-refractivity contribution >= 4 is 5.91 Å². The van der Waals surface area contributed by atoms with Crippen molar-refractivity contribution < 1.29 is 18.8 Å². The molecule has 1 heterocycles. The molecule has 2 rings (SSSR count). The Morgan fingerprint density at radius 3 is 2.67 bits per heavy atom. The Balaban J connectivity index is 1.90. The predicted molar refractivity (Wildman–Crippen MR) is 74.1 cm³/mol. The molecule has 0 aliphatic heterocycles. The molecule has 5 nitrogen and oxygen atoms in total. The number of amides is 1. The average molecular weight is 292 g/mol. The van der Waals surface area contributed by atoms with E-state index < -0.39 is 6.10 Å². The van der Waals surface area contributed by atoms with Crippen molar-refractivity contribution in [2.45, 2.75) is 32.4 Å². The van der Waals surface area contributed by atoms with Crippen LogP contribution in [-0.2, 0) is 0 Å². The van der Waals surface area contributed by atoms with Crippen LogP contribution in [0.15, 0.2) is 34.9 Å². The molecular weight excluding hydrogens is 275 g/mol. The fourth-order valence-electron chi connectivity index (χ4n) is 1.98. The van der Waals surface area contributed by atoms with E-state index in [0.717, 1.165) is 0 Å². The Labute approximate surface area is 121 Å². The summed E-state index contributed by atoms with van der Waals surface area (Å²) in [6.45, 7) is 3.50. The monoisotopic (exact) mass is 292 g/mol. The minimum absolute atomic E-state index is 0.135. The summed E-state index contributed by atoms with van der Waals surface area (Å²) >= 11 is 0. The number of aliphatic hydroxyl groups excluding tert-OH is 1. The molecule has 0 aliphatic carbocycles. The Hall–Kier alpha value is -2.21. The van der Waals surface area contributed by atoms with Crippen LogP contribution in [0, 0.1) is 12.7 Å². The lowest BCUT2D eigenvalue weighted by Gasteiger charge is -2.17. The molecule has 0 aliphatic rings. The van der Waals surface area contributed by atoms with E-state index in [0.29, 0.717) is 17.7 Å². The van der Waals surface area contributed by atoms with E-state index in [1.54, 1.807) is 19.9 Å². The van der Waals surface area contributed by atoms with E-state index in [-0.39, 0.29) is 23.5 Å². The second kappa shape index (κ2) is 6.49. The first kappa shape index (κ1) is 15.2. The molecule has 0 saturated heterocycles. The molecule has 0 bridgehead atoms. The SMILES string of the molecule is Cc1cc(C(=O)NC(C)CC(O)c2ccc(F)cc2)on1. The lowest BCUT2D eigenvalue weighted by Crippen LogP contribution is -2.33. The number of aryl methyl sites for hydroxylation is 1. The minimum Gasteiger partial charge on any atom is -0.388 e. The summed E-state index contributed by atoms with van der Waals surface area (Å²) in [5, 5.41) is 16.4. The number of aliphatic hydroxyl groups is 1. The minimum atomic E-state index is -0.780. The van der Waals surface area contributed by atoms with Gasteiger partial charge >= 0.3 is 0 Å². The second-order valence-electron chi connectivity index (χ2n) is 5.01. The molecule has 0 radical (unpaired) electrons. The molecule has 21 heavy (non-hydrogen) atoms. The van der Waals surface area contributed by atoms with Crippen molar-refractivity contribution in [1.82, 2.24) is 10.5 Å². The van der Waals surface area contributed by atoms with Gasteiger partial charge in [0.2, 0.25) is 5.76 Å². The summed E-state index contributed by atoms with van der Waals surface area (Å²) < 4.78 is 17.7. The molecule has 1 amide bonds. The van der Waals surface area contributed by atoms with Gasteiger partial charge in [0, 0.05) is 12.1 Å². The van der Waals surface area contributed by atoms with Gasteiger partial charge in [-0.3, -0.25) is 4.79 Å². The van der Waals surface area contributed by atoms with Crippen LogP contribution < -0.4 is 5.32 Å². The van der Waals surface area contributed by atoms with E-state index in [1.165, 1.54) is 24.3 Å². The van der Waals surface area contributed by atoms with Gasteiger partial charge in [0.25, 0.3) is 5.91 Å². The number of halogens is 1. The van der Waals surface area contributed by atoms with Crippen molar-refractivity contribution in [2.24, 2.45) is 0 Å². The lowest BCUT2D eigenvalue weighted by atomic mass is 10.0. The molecule has 1 aromatic carbocycles. The van der Waals surface area contributed by atoms with Crippen LogP contribution in [0.5, 0.6) is 0 Å². The van der Waals surface area contributed by atoms with Crippen molar-refractivity contribution in [3.05, 3.63) is 53.2 Å². The van der Waals surface area contributed by atoms with E-state index in [1.807, 2.05) is 0 Å². The van der Waals surface area contributed by atoms with Crippen LogP contribution in [0.2, 0.25) is 0 Å². The summed E-state index contributed by atoms with van der Waals surface area (Å²) in [7, 11) is 0. The van der Waals surface area contributed by atoms with Crippen LogP contribution in [0.3, 0.4) is 0 Å².